The van der Waals surface area contributed by atoms with Crippen molar-refractivity contribution in [3.05, 3.63) is 23.3 Å². The van der Waals surface area contributed by atoms with Gasteiger partial charge in [-0.15, -0.1) is 0 Å². The quantitative estimate of drug-likeness (QED) is 0.741. The summed E-state index contributed by atoms with van der Waals surface area (Å²) in [7, 11) is 0. The summed E-state index contributed by atoms with van der Waals surface area (Å²) >= 11 is 0. The highest BCUT2D eigenvalue weighted by atomic mass is 16.3. The fourth-order valence-corrected chi connectivity index (χ4v) is 4.76. The number of hydrogen-bond acceptors (Lipinski definition) is 3. The van der Waals surface area contributed by atoms with E-state index >= 15 is 0 Å². The molecule has 4 atom stereocenters. The first-order valence-corrected chi connectivity index (χ1v) is 9.60. The number of allylic oxidation sites excluding steroid dienone is 4. The highest BCUT2D eigenvalue weighted by Crippen LogP contribution is 2.56. The molecule has 1 saturated carbocycles. The summed E-state index contributed by atoms with van der Waals surface area (Å²) < 4.78 is 0. The number of Topliss-reactive ketones (excluding diaryl/α,β-unsaturated/α-hetero) is 2. The summed E-state index contributed by atoms with van der Waals surface area (Å²) in [6.45, 7) is 11.8. The Labute approximate surface area is 152 Å². The van der Waals surface area contributed by atoms with Crippen molar-refractivity contribution >= 4 is 11.6 Å². The summed E-state index contributed by atoms with van der Waals surface area (Å²) in [6, 6.07) is 0. The SMILES string of the molecule is CC(=O)[C@H]1C/C=C(\C)C(=O)C[C@@H]2[C@@](C)(C/C=C/1C)CC[C@@]2(O)C(C)C. The Morgan fingerprint density at radius 2 is 1.88 bits per heavy atom. The summed E-state index contributed by atoms with van der Waals surface area (Å²) in [6.07, 6.45) is 7.55. The van der Waals surface area contributed by atoms with Crippen LogP contribution in [0.15, 0.2) is 23.3 Å². The summed E-state index contributed by atoms with van der Waals surface area (Å²) in [5.41, 5.74) is 0.912. The van der Waals surface area contributed by atoms with Crippen LogP contribution in [-0.4, -0.2) is 22.3 Å². The molecular formula is C22H34O3. The molecular weight excluding hydrogens is 312 g/mol. The molecule has 25 heavy (non-hydrogen) atoms. The average Bonchev–Trinajstić information content (AvgIpc) is 2.78. The van der Waals surface area contributed by atoms with Crippen LogP contribution in [0.25, 0.3) is 0 Å². The van der Waals surface area contributed by atoms with Crippen molar-refractivity contribution in [1.82, 2.24) is 0 Å². The van der Waals surface area contributed by atoms with E-state index in [4.69, 9.17) is 0 Å². The van der Waals surface area contributed by atoms with Crippen molar-refractivity contribution in [3.63, 3.8) is 0 Å². The third-order valence-electron chi connectivity index (χ3n) is 6.96. The zero-order chi connectivity index (χ0) is 19.0. The maximum absolute atomic E-state index is 12.8. The van der Waals surface area contributed by atoms with Crippen LogP contribution in [0.5, 0.6) is 0 Å². The topological polar surface area (TPSA) is 54.4 Å². The number of carbonyl (C=O) groups excluding carboxylic acids is 2. The molecule has 0 unspecified atom stereocenters. The van der Waals surface area contributed by atoms with Gasteiger partial charge < -0.3 is 5.11 Å². The molecule has 1 N–H and O–H groups in total. The van der Waals surface area contributed by atoms with Crippen LogP contribution >= 0.6 is 0 Å². The third-order valence-corrected chi connectivity index (χ3v) is 6.96. The number of aliphatic hydroxyl groups is 1. The van der Waals surface area contributed by atoms with Crippen molar-refractivity contribution in [2.45, 2.75) is 79.2 Å². The van der Waals surface area contributed by atoms with Crippen LogP contribution in [0.3, 0.4) is 0 Å². The van der Waals surface area contributed by atoms with Crippen molar-refractivity contribution in [3.8, 4) is 0 Å². The molecule has 3 heteroatoms. The second kappa shape index (κ2) is 7.19. The number of ketones is 2. The van der Waals surface area contributed by atoms with E-state index in [1.165, 1.54) is 0 Å². The summed E-state index contributed by atoms with van der Waals surface area (Å²) in [5, 5.41) is 11.3. The molecule has 0 heterocycles. The fourth-order valence-electron chi connectivity index (χ4n) is 4.76. The number of carbonyl (C=O) groups is 2. The van der Waals surface area contributed by atoms with Crippen molar-refractivity contribution < 1.29 is 14.7 Å². The van der Waals surface area contributed by atoms with Gasteiger partial charge in [0.15, 0.2) is 5.78 Å². The van der Waals surface area contributed by atoms with Crippen LogP contribution in [-0.2, 0) is 9.59 Å². The van der Waals surface area contributed by atoms with Crippen molar-refractivity contribution in [2.75, 3.05) is 0 Å². The van der Waals surface area contributed by atoms with E-state index in [1.54, 1.807) is 6.92 Å². The van der Waals surface area contributed by atoms with Gasteiger partial charge in [-0.25, -0.2) is 0 Å². The van der Waals surface area contributed by atoms with Crippen LogP contribution in [0, 0.1) is 23.2 Å². The monoisotopic (exact) mass is 346 g/mol. The molecule has 0 aromatic heterocycles. The molecule has 3 nitrogen and oxygen atoms in total. The van der Waals surface area contributed by atoms with Crippen LogP contribution in [0.2, 0.25) is 0 Å². The van der Waals surface area contributed by atoms with Crippen molar-refractivity contribution in [2.24, 2.45) is 23.2 Å². The minimum absolute atomic E-state index is 0.0474. The molecule has 140 valence electrons. The van der Waals surface area contributed by atoms with Crippen LogP contribution < -0.4 is 0 Å². The molecule has 0 aliphatic heterocycles. The summed E-state index contributed by atoms with van der Waals surface area (Å²) in [4.78, 5) is 24.9. The first-order valence-electron chi connectivity index (χ1n) is 9.60. The Morgan fingerprint density at radius 1 is 1.24 bits per heavy atom. The molecule has 0 amide bonds. The molecule has 0 saturated heterocycles. The highest BCUT2D eigenvalue weighted by molar-refractivity contribution is 5.95. The molecule has 0 aromatic rings. The predicted octanol–water partition coefficient (Wildman–Crippen LogP) is 4.64. The lowest BCUT2D eigenvalue weighted by molar-refractivity contribution is -0.123. The standard InChI is InChI=1S/C22H34O3/c1-14(2)22(25)12-11-21(6)10-9-15(3)18(17(5)23)8-7-16(4)19(24)13-20(21)22/h7,9,14,18,20,25H,8,10-13H2,1-6H3/b15-9+,16-7+/t18-,20+,21-,22+/m0/s1. The lowest BCUT2D eigenvalue weighted by atomic mass is 9.67. The molecule has 2 rings (SSSR count). The van der Waals surface area contributed by atoms with E-state index in [9.17, 15) is 14.7 Å². The van der Waals surface area contributed by atoms with E-state index < -0.39 is 5.60 Å². The maximum atomic E-state index is 12.8. The number of hydrogen-bond donors (Lipinski definition) is 1. The van der Waals surface area contributed by atoms with E-state index in [-0.39, 0.29) is 34.7 Å². The Hall–Kier alpha value is -1.22. The lowest BCUT2D eigenvalue weighted by Gasteiger charge is -2.40. The van der Waals surface area contributed by atoms with Gasteiger partial charge in [-0.2, -0.15) is 0 Å². The maximum Gasteiger partial charge on any atom is 0.158 e. The zero-order valence-corrected chi connectivity index (χ0v) is 16.7. The summed E-state index contributed by atoms with van der Waals surface area (Å²) in [5.74, 6) is 0.189. The minimum Gasteiger partial charge on any atom is -0.389 e. The minimum atomic E-state index is -0.791. The Morgan fingerprint density at radius 3 is 2.44 bits per heavy atom. The first kappa shape index (κ1) is 20.1. The number of rotatable bonds is 2. The van der Waals surface area contributed by atoms with Crippen LogP contribution in [0.4, 0.5) is 0 Å². The van der Waals surface area contributed by atoms with Gasteiger partial charge in [0.2, 0.25) is 0 Å². The Bertz CT molecular complexity index is 613. The first-order chi connectivity index (χ1) is 11.5. The van der Waals surface area contributed by atoms with E-state index in [0.29, 0.717) is 12.8 Å². The van der Waals surface area contributed by atoms with Gasteiger partial charge in [0, 0.05) is 18.3 Å². The Kier molecular flexibility index (Phi) is 5.78. The molecule has 2 aliphatic carbocycles. The van der Waals surface area contributed by atoms with Gasteiger partial charge in [-0.3, -0.25) is 9.59 Å². The normalized spacial score (nSPS) is 41.4. The predicted molar refractivity (Wildman–Crippen MR) is 101 cm³/mol. The van der Waals surface area contributed by atoms with E-state index in [1.807, 2.05) is 19.9 Å². The van der Waals surface area contributed by atoms with Gasteiger partial charge >= 0.3 is 0 Å². The molecule has 0 bridgehead atoms. The third kappa shape index (κ3) is 3.81. The Balaban J connectivity index is 2.49. The van der Waals surface area contributed by atoms with Gasteiger partial charge in [0.05, 0.1) is 5.60 Å². The largest absolute Gasteiger partial charge is 0.389 e. The molecule has 1 fully saturated rings. The van der Waals surface area contributed by atoms with E-state index in [2.05, 4.69) is 26.8 Å². The highest BCUT2D eigenvalue weighted by Gasteiger charge is 2.55. The lowest BCUT2D eigenvalue weighted by Crippen LogP contribution is -2.44. The second-order valence-corrected chi connectivity index (χ2v) is 8.92. The van der Waals surface area contributed by atoms with Gasteiger partial charge in [-0.05, 0) is 63.4 Å². The molecule has 0 aromatic carbocycles. The van der Waals surface area contributed by atoms with Gasteiger partial charge in [-0.1, -0.05) is 38.5 Å². The van der Waals surface area contributed by atoms with E-state index in [0.717, 1.165) is 30.4 Å². The fraction of sp³-hybridized carbons (Fsp3) is 0.727. The molecule has 0 spiro atoms. The van der Waals surface area contributed by atoms with Crippen LogP contribution in [0.1, 0.15) is 73.6 Å². The van der Waals surface area contributed by atoms with Gasteiger partial charge in [0.1, 0.15) is 5.78 Å². The van der Waals surface area contributed by atoms with Gasteiger partial charge in [0.25, 0.3) is 0 Å². The molecule has 2 aliphatic rings. The molecule has 0 radical (unpaired) electrons. The zero-order valence-electron chi connectivity index (χ0n) is 16.7. The average molecular weight is 347 g/mol. The number of fused-ring (bicyclic) bond motifs is 1. The van der Waals surface area contributed by atoms with Crippen molar-refractivity contribution in [1.29, 1.82) is 0 Å². The smallest absolute Gasteiger partial charge is 0.158 e. The second-order valence-electron chi connectivity index (χ2n) is 8.92.